The molecule has 0 saturated heterocycles. The fourth-order valence-corrected chi connectivity index (χ4v) is 3.56. The highest BCUT2D eigenvalue weighted by molar-refractivity contribution is 8.00. The third-order valence-corrected chi connectivity index (χ3v) is 5.05. The van der Waals surface area contributed by atoms with Crippen molar-refractivity contribution in [2.24, 2.45) is 0 Å². The summed E-state index contributed by atoms with van der Waals surface area (Å²) < 4.78 is 1.60. The molecular weight excluding hydrogens is 324 g/mol. The lowest BCUT2D eigenvalue weighted by molar-refractivity contribution is 0.0995. The van der Waals surface area contributed by atoms with E-state index in [2.05, 4.69) is 22.1 Å². The molecule has 2 heterocycles. The molecule has 0 aliphatic heterocycles. The summed E-state index contributed by atoms with van der Waals surface area (Å²) in [5.41, 5.74) is 1.39. The fraction of sp³-hybridized carbons (Fsp3) is 0.353. The Morgan fingerprint density at radius 2 is 2.17 bits per heavy atom. The van der Waals surface area contributed by atoms with Crippen LogP contribution in [0.3, 0.4) is 0 Å². The van der Waals surface area contributed by atoms with Crippen LogP contribution in [-0.4, -0.2) is 30.8 Å². The van der Waals surface area contributed by atoms with E-state index in [0.29, 0.717) is 17.3 Å². The van der Waals surface area contributed by atoms with Crippen molar-refractivity contribution in [1.82, 2.24) is 19.7 Å². The third kappa shape index (κ3) is 3.17. The molecule has 1 unspecified atom stereocenters. The van der Waals surface area contributed by atoms with Crippen molar-refractivity contribution in [3.05, 3.63) is 46.5 Å². The molecular formula is C17H20N4O2S. The number of aromatic nitrogens is 4. The standard InChI is InChI=1S/C17H20N4O2S/c1-3-4-9-21-16(23)19-20-17(21)24-11(2)15(22)13-10-18-14-8-6-5-7-12(13)14/h5-8,10-11,18H,3-4,9H2,1-2H3,(H,19,23). The number of hydrogen-bond donors (Lipinski definition) is 2. The number of hydrogen-bond acceptors (Lipinski definition) is 4. The molecule has 0 fully saturated rings. The molecule has 0 aliphatic rings. The van der Waals surface area contributed by atoms with Gasteiger partial charge in [-0.25, -0.2) is 9.89 Å². The van der Waals surface area contributed by atoms with E-state index < -0.39 is 0 Å². The lowest BCUT2D eigenvalue weighted by Gasteiger charge is -2.10. The molecule has 6 nitrogen and oxygen atoms in total. The van der Waals surface area contributed by atoms with E-state index in [1.54, 1.807) is 10.8 Å². The van der Waals surface area contributed by atoms with E-state index in [-0.39, 0.29) is 16.7 Å². The van der Waals surface area contributed by atoms with Crippen LogP contribution in [0.4, 0.5) is 0 Å². The van der Waals surface area contributed by atoms with E-state index in [9.17, 15) is 9.59 Å². The zero-order valence-corrected chi connectivity index (χ0v) is 14.5. The van der Waals surface area contributed by atoms with Gasteiger partial charge in [-0.1, -0.05) is 43.3 Å². The number of aromatic amines is 2. The number of rotatable bonds is 7. The SMILES string of the molecule is CCCCn1c(SC(C)C(=O)c2c[nH]c3ccccc23)n[nH]c1=O. The summed E-state index contributed by atoms with van der Waals surface area (Å²) in [5, 5.41) is 7.68. The van der Waals surface area contributed by atoms with Crippen molar-refractivity contribution in [3.8, 4) is 0 Å². The van der Waals surface area contributed by atoms with Crippen LogP contribution >= 0.6 is 11.8 Å². The van der Waals surface area contributed by atoms with Gasteiger partial charge in [-0.15, -0.1) is 5.10 Å². The number of thioether (sulfide) groups is 1. The summed E-state index contributed by atoms with van der Waals surface area (Å²) in [5.74, 6) is 0.0231. The molecule has 0 amide bonds. The van der Waals surface area contributed by atoms with Crippen LogP contribution in [-0.2, 0) is 6.54 Å². The number of ketones is 1. The quantitative estimate of drug-likeness (QED) is 0.509. The molecule has 1 aromatic carbocycles. The average Bonchev–Trinajstić information content (AvgIpc) is 3.16. The number of H-pyrrole nitrogens is 2. The largest absolute Gasteiger partial charge is 0.360 e. The third-order valence-electron chi connectivity index (χ3n) is 3.96. The first kappa shape index (κ1) is 16.6. The number of fused-ring (bicyclic) bond motifs is 1. The molecule has 3 aromatic rings. The molecule has 0 aliphatic carbocycles. The van der Waals surface area contributed by atoms with Crippen LogP contribution in [0.1, 0.15) is 37.0 Å². The predicted octanol–water partition coefficient (Wildman–Crippen LogP) is 3.22. The van der Waals surface area contributed by atoms with Gasteiger partial charge in [0.1, 0.15) is 0 Å². The highest BCUT2D eigenvalue weighted by atomic mass is 32.2. The number of para-hydroxylation sites is 1. The number of nitrogens with one attached hydrogen (secondary N) is 2. The summed E-state index contributed by atoms with van der Waals surface area (Å²) in [7, 11) is 0. The number of carbonyl (C=O) groups excluding carboxylic acids is 1. The van der Waals surface area contributed by atoms with Gasteiger partial charge in [0, 0.05) is 29.2 Å². The van der Waals surface area contributed by atoms with Gasteiger partial charge >= 0.3 is 5.69 Å². The van der Waals surface area contributed by atoms with Crippen molar-refractivity contribution < 1.29 is 4.79 Å². The second-order valence-corrected chi connectivity index (χ2v) is 7.00. The van der Waals surface area contributed by atoms with Crippen molar-refractivity contribution >= 4 is 28.4 Å². The monoisotopic (exact) mass is 344 g/mol. The molecule has 1 atom stereocenters. The highest BCUT2D eigenvalue weighted by Crippen LogP contribution is 2.26. The molecule has 0 radical (unpaired) electrons. The van der Waals surface area contributed by atoms with Crippen LogP contribution in [0.25, 0.3) is 10.9 Å². The minimum Gasteiger partial charge on any atom is -0.360 e. The predicted molar refractivity (Wildman–Crippen MR) is 95.7 cm³/mol. The number of carbonyl (C=O) groups is 1. The summed E-state index contributed by atoms with van der Waals surface area (Å²) in [4.78, 5) is 27.8. The van der Waals surface area contributed by atoms with Gasteiger partial charge in [0.15, 0.2) is 10.9 Å². The Kier molecular flexibility index (Phi) is 4.89. The first-order valence-electron chi connectivity index (χ1n) is 8.04. The van der Waals surface area contributed by atoms with Crippen molar-refractivity contribution in [3.63, 3.8) is 0 Å². The minimum atomic E-state index is -0.334. The minimum absolute atomic E-state index is 0.0231. The molecule has 126 valence electrons. The van der Waals surface area contributed by atoms with Crippen molar-refractivity contribution in [1.29, 1.82) is 0 Å². The van der Waals surface area contributed by atoms with Crippen LogP contribution in [0.15, 0.2) is 40.4 Å². The van der Waals surface area contributed by atoms with Gasteiger partial charge in [0.25, 0.3) is 0 Å². The van der Waals surface area contributed by atoms with E-state index >= 15 is 0 Å². The van der Waals surface area contributed by atoms with Gasteiger partial charge in [0.05, 0.1) is 5.25 Å². The lowest BCUT2D eigenvalue weighted by Crippen LogP contribution is -2.19. The summed E-state index contributed by atoms with van der Waals surface area (Å²) in [6.07, 6.45) is 3.64. The Morgan fingerprint density at radius 1 is 1.38 bits per heavy atom. The van der Waals surface area contributed by atoms with Gasteiger partial charge < -0.3 is 4.98 Å². The average molecular weight is 344 g/mol. The maximum absolute atomic E-state index is 12.8. The summed E-state index contributed by atoms with van der Waals surface area (Å²) >= 11 is 1.31. The Labute approximate surface area is 143 Å². The number of nitrogens with zero attached hydrogens (tertiary/aromatic N) is 2. The second-order valence-electron chi connectivity index (χ2n) is 5.69. The number of Topliss-reactive ketones (excluding diaryl/α,β-unsaturated/α-hetero) is 1. The first-order valence-corrected chi connectivity index (χ1v) is 8.92. The first-order chi connectivity index (χ1) is 11.6. The van der Waals surface area contributed by atoms with Crippen molar-refractivity contribution in [2.45, 2.75) is 43.6 Å². The molecule has 0 bridgehead atoms. The normalized spacial score (nSPS) is 12.6. The van der Waals surface area contributed by atoms with E-state index in [1.165, 1.54) is 11.8 Å². The van der Waals surface area contributed by atoms with Crippen LogP contribution < -0.4 is 5.69 Å². The Hall–Kier alpha value is -2.28. The topological polar surface area (TPSA) is 83.5 Å². The van der Waals surface area contributed by atoms with Crippen LogP contribution in [0.2, 0.25) is 0 Å². The maximum atomic E-state index is 12.8. The zero-order chi connectivity index (χ0) is 17.1. The van der Waals surface area contributed by atoms with Gasteiger partial charge in [-0.05, 0) is 19.4 Å². The van der Waals surface area contributed by atoms with Gasteiger partial charge in [0.2, 0.25) is 0 Å². The Morgan fingerprint density at radius 3 is 2.96 bits per heavy atom. The molecule has 24 heavy (non-hydrogen) atoms. The highest BCUT2D eigenvalue weighted by Gasteiger charge is 2.22. The van der Waals surface area contributed by atoms with E-state index in [1.807, 2.05) is 31.2 Å². The van der Waals surface area contributed by atoms with E-state index in [4.69, 9.17) is 0 Å². The van der Waals surface area contributed by atoms with E-state index in [0.717, 1.165) is 23.7 Å². The molecule has 0 spiro atoms. The summed E-state index contributed by atoms with van der Waals surface area (Å²) in [6, 6.07) is 7.73. The molecule has 2 aromatic heterocycles. The smallest absolute Gasteiger partial charge is 0.343 e. The lowest BCUT2D eigenvalue weighted by atomic mass is 10.1. The molecule has 2 N–H and O–H groups in total. The van der Waals surface area contributed by atoms with Gasteiger partial charge in [-0.2, -0.15) is 0 Å². The fourth-order valence-electron chi connectivity index (χ4n) is 2.61. The Balaban J connectivity index is 1.81. The maximum Gasteiger partial charge on any atom is 0.343 e. The number of unbranched alkanes of at least 4 members (excludes halogenated alkanes) is 1. The number of benzene rings is 1. The van der Waals surface area contributed by atoms with Gasteiger partial charge in [-0.3, -0.25) is 9.36 Å². The molecule has 0 saturated carbocycles. The van der Waals surface area contributed by atoms with Crippen LogP contribution in [0.5, 0.6) is 0 Å². The second kappa shape index (κ2) is 7.09. The Bertz CT molecular complexity index is 909. The van der Waals surface area contributed by atoms with Crippen LogP contribution in [0, 0.1) is 0 Å². The zero-order valence-electron chi connectivity index (χ0n) is 13.7. The summed E-state index contributed by atoms with van der Waals surface area (Å²) in [6.45, 7) is 4.53. The molecule has 3 rings (SSSR count). The van der Waals surface area contributed by atoms with Crippen molar-refractivity contribution in [2.75, 3.05) is 0 Å². The molecule has 7 heteroatoms.